The molecule has 0 spiro atoms. The highest BCUT2D eigenvalue weighted by atomic mass is 35.5. The molecule has 2 heterocycles. The van der Waals surface area contributed by atoms with Gasteiger partial charge in [0.25, 0.3) is 0 Å². The summed E-state index contributed by atoms with van der Waals surface area (Å²) in [5, 5.41) is 2.47. The number of anilines is 1. The van der Waals surface area contributed by atoms with Gasteiger partial charge in [-0.25, -0.2) is 22.2 Å². The number of aromatic nitrogens is 1. The van der Waals surface area contributed by atoms with E-state index in [-0.39, 0.29) is 9.92 Å². The van der Waals surface area contributed by atoms with Gasteiger partial charge in [0.05, 0.1) is 20.9 Å². The van der Waals surface area contributed by atoms with E-state index in [4.69, 9.17) is 11.6 Å². The second-order valence-electron chi connectivity index (χ2n) is 7.21. The second-order valence-corrected chi connectivity index (χ2v) is 10.6. The van der Waals surface area contributed by atoms with Crippen molar-refractivity contribution in [1.29, 1.82) is 0 Å². The molecule has 1 aliphatic rings. The van der Waals surface area contributed by atoms with Gasteiger partial charge < -0.3 is 4.90 Å². The Morgan fingerprint density at radius 3 is 2.53 bits per heavy atom. The molecule has 9 heteroatoms. The number of nitrogens with zero attached hydrogens (tertiary/aromatic N) is 2. The van der Waals surface area contributed by atoms with Gasteiger partial charge in [-0.1, -0.05) is 29.8 Å². The minimum absolute atomic E-state index is 0.188. The molecule has 0 N–H and O–H groups in total. The summed E-state index contributed by atoms with van der Waals surface area (Å²) in [5.74, 6) is -1.74. The van der Waals surface area contributed by atoms with Crippen LogP contribution in [0.5, 0.6) is 0 Å². The van der Waals surface area contributed by atoms with Gasteiger partial charge in [0.15, 0.2) is 26.6 Å². The first-order valence-electron chi connectivity index (χ1n) is 9.46. The van der Waals surface area contributed by atoms with Gasteiger partial charge in [0.1, 0.15) is 0 Å². The predicted molar refractivity (Wildman–Crippen MR) is 115 cm³/mol. The Balaban J connectivity index is 1.41. The van der Waals surface area contributed by atoms with Crippen molar-refractivity contribution in [3.8, 4) is 0 Å². The van der Waals surface area contributed by atoms with E-state index in [2.05, 4.69) is 9.88 Å². The SMILES string of the molecule is O=S(=O)(c1ccccc1Cl)C1CCN(c2nc(Cc3ccc(F)c(F)c3)cs2)CC1. The number of piperidine rings is 1. The van der Waals surface area contributed by atoms with Crippen molar-refractivity contribution >= 4 is 37.9 Å². The zero-order valence-corrected chi connectivity index (χ0v) is 18.3. The van der Waals surface area contributed by atoms with E-state index in [0.717, 1.165) is 16.9 Å². The summed E-state index contributed by atoms with van der Waals surface area (Å²) in [6.45, 7) is 1.15. The summed E-state index contributed by atoms with van der Waals surface area (Å²) >= 11 is 7.56. The van der Waals surface area contributed by atoms with Crippen molar-refractivity contribution in [1.82, 2.24) is 4.98 Å². The third kappa shape index (κ3) is 4.36. The summed E-state index contributed by atoms with van der Waals surface area (Å²) in [4.78, 5) is 6.85. The number of sulfone groups is 1. The number of thiazole rings is 1. The van der Waals surface area contributed by atoms with Gasteiger partial charge in [-0.05, 0) is 42.7 Å². The molecule has 30 heavy (non-hydrogen) atoms. The normalized spacial score (nSPS) is 15.5. The van der Waals surface area contributed by atoms with Crippen LogP contribution in [-0.4, -0.2) is 31.7 Å². The molecule has 0 unspecified atom stereocenters. The molecule has 3 aromatic rings. The summed E-state index contributed by atoms with van der Waals surface area (Å²) in [5.41, 5.74) is 1.42. The van der Waals surface area contributed by atoms with Crippen LogP contribution in [0.25, 0.3) is 0 Å². The lowest BCUT2D eigenvalue weighted by atomic mass is 10.1. The highest BCUT2D eigenvalue weighted by Gasteiger charge is 2.33. The van der Waals surface area contributed by atoms with Gasteiger partial charge in [-0.2, -0.15) is 0 Å². The maximum Gasteiger partial charge on any atom is 0.185 e. The van der Waals surface area contributed by atoms with Crippen molar-refractivity contribution in [2.24, 2.45) is 0 Å². The fourth-order valence-electron chi connectivity index (χ4n) is 3.59. The molecule has 1 fully saturated rings. The van der Waals surface area contributed by atoms with Crippen LogP contribution in [0.3, 0.4) is 0 Å². The molecule has 0 saturated carbocycles. The molecule has 1 aromatic heterocycles. The van der Waals surface area contributed by atoms with Gasteiger partial charge in [-0.15, -0.1) is 11.3 Å². The first kappa shape index (κ1) is 21.2. The fourth-order valence-corrected chi connectivity index (χ4v) is 6.73. The van der Waals surface area contributed by atoms with Crippen LogP contribution in [-0.2, 0) is 16.3 Å². The van der Waals surface area contributed by atoms with E-state index in [0.29, 0.717) is 37.9 Å². The van der Waals surface area contributed by atoms with Crippen molar-refractivity contribution in [2.45, 2.75) is 29.4 Å². The van der Waals surface area contributed by atoms with Gasteiger partial charge in [0.2, 0.25) is 0 Å². The van der Waals surface area contributed by atoms with Crippen LogP contribution in [0.2, 0.25) is 5.02 Å². The summed E-state index contributed by atoms with van der Waals surface area (Å²) in [6.07, 6.45) is 1.39. The average Bonchev–Trinajstić information content (AvgIpc) is 3.19. The molecule has 0 amide bonds. The smallest absolute Gasteiger partial charge is 0.185 e. The molecule has 4 nitrogen and oxygen atoms in total. The fraction of sp³-hybridized carbons (Fsp3) is 0.286. The highest BCUT2D eigenvalue weighted by Crippen LogP contribution is 2.32. The molecule has 158 valence electrons. The molecule has 0 atom stereocenters. The minimum Gasteiger partial charge on any atom is -0.348 e. The first-order valence-corrected chi connectivity index (χ1v) is 12.3. The van der Waals surface area contributed by atoms with E-state index in [1.165, 1.54) is 17.4 Å². The molecular weight excluding hydrogens is 450 g/mol. The Morgan fingerprint density at radius 1 is 1.10 bits per heavy atom. The number of benzene rings is 2. The quantitative estimate of drug-likeness (QED) is 0.522. The van der Waals surface area contributed by atoms with Crippen molar-refractivity contribution in [2.75, 3.05) is 18.0 Å². The monoisotopic (exact) mass is 468 g/mol. The molecule has 0 aliphatic carbocycles. The van der Waals surface area contributed by atoms with Crippen molar-refractivity contribution < 1.29 is 17.2 Å². The summed E-state index contributed by atoms with van der Waals surface area (Å²) in [6, 6.07) is 10.4. The maximum absolute atomic E-state index is 13.4. The summed E-state index contributed by atoms with van der Waals surface area (Å²) < 4.78 is 52.4. The molecule has 4 rings (SSSR count). The van der Waals surface area contributed by atoms with Crippen molar-refractivity contribution in [3.05, 3.63) is 75.8 Å². The molecule has 1 saturated heterocycles. The lowest BCUT2D eigenvalue weighted by Gasteiger charge is -2.31. The van der Waals surface area contributed by atoms with Crippen LogP contribution >= 0.6 is 22.9 Å². The van der Waals surface area contributed by atoms with E-state index in [1.807, 2.05) is 5.38 Å². The number of hydrogen-bond donors (Lipinski definition) is 0. The van der Waals surface area contributed by atoms with E-state index in [9.17, 15) is 17.2 Å². The zero-order chi connectivity index (χ0) is 21.3. The molecule has 2 aromatic carbocycles. The first-order chi connectivity index (χ1) is 14.3. The lowest BCUT2D eigenvalue weighted by Crippen LogP contribution is -2.39. The largest absolute Gasteiger partial charge is 0.348 e. The predicted octanol–water partition coefficient (Wildman–Crippen LogP) is 5.11. The Kier molecular flexibility index (Phi) is 6.09. The van der Waals surface area contributed by atoms with Crippen LogP contribution in [0.4, 0.5) is 13.9 Å². The standard InChI is InChI=1S/C21H19ClF2N2O2S2/c22-17-3-1-2-4-20(17)30(27,28)16-7-9-26(10-8-16)21-25-15(13-29-21)11-14-5-6-18(23)19(24)12-14/h1-6,12-13,16H,7-11H2. The van der Waals surface area contributed by atoms with Crippen LogP contribution in [0.1, 0.15) is 24.1 Å². The third-order valence-corrected chi connectivity index (χ3v) is 8.91. The maximum atomic E-state index is 13.4. The number of rotatable bonds is 5. The molecular formula is C21H19ClF2N2O2S2. The van der Waals surface area contributed by atoms with Crippen LogP contribution in [0, 0.1) is 11.6 Å². The Labute approximate surface area is 183 Å². The van der Waals surface area contributed by atoms with Crippen LogP contribution < -0.4 is 4.90 Å². The van der Waals surface area contributed by atoms with E-state index < -0.39 is 26.7 Å². The molecule has 1 aliphatic heterocycles. The molecule has 0 bridgehead atoms. The molecule has 0 radical (unpaired) electrons. The highest BCUT2D eigenvalue weighted by molar-refractivity contribution is 7.92. The topological polar surface area (TPSA) is 50.3 Å². The van der Waals surface area contributed by atoms with E-state index in [1.54, 1.807) is 30.3 Å². The van der Waals surface area contributed by atoms with Crippen LogP contribution in [0.15, 0.2) is 52.7 Å². The van der Waals surface area contributed by atoms with Gasteiger partial charge in [-0.3, -0.25) is 0 Å². The number of halogens is 3. The average molecular weight is 469 g/mol. The van der Waals surface area contributed by atoms with Gasteiger partial charge >= 0.3 is 0 Å². The number of hydrogen-bond acceptors (Lipinski definition) is 5. The van der Waals surface area contributed by atoms with Gasteiger partial charge in [0, 0.05) is 24.9 Å². The Hall–Kier alpha value is -2.03. The Bertz CT molecular complexity index is 1160. The minimum atomic E-state index is -3.48. The zero-order valence-electron chi connectivity index (χ0n) is 15.9. The Morgan fingerprint density at radius 2 is 1.83 bits per heavy atom. The van der Waals surface area contributed by atoms with E-state index >= 15 is 0 Å². The van der Waals surface area contributed by atoms with Crippen molar-refractivity contribution in [3.63, 3.8) is 0 Å². The second kappa shape index (κ2) is 8.61. The summed E-state index contributed by atoms with van der Waals surface area (Å²) in [7, 11) is -3.48. The lowest BCUT2D eigenvalue weighted by molar-refractivity contribution is 0.507. The third-order valence-electron chi connectivity index (χ3n) is 5.20.